The summed E-state index contributed by atoms with van der Waals surface area (Å²) in [6, 6.07) is 4.80. The number of Topliss-reactive ketones (excluding diaryl/α,β-unsaturated/α-hetero) is 1. The molecule has 4 nitrogen and oxygen atoms in total. The minimum Gasteiger partial charge on any atom is -0.392 e. The minimum atomic E-state index is -0.206. The summed E-state index contributed by atoms with van der Waals surface area (Å²) in [7, 11) is 1.73. The van der Waals surface area contributed by atoms with Crippen LogP contribution >= 0.6 is 23.2 Å². The third kappa shape index (κ3) is 2.86. The fourth-order valence-electron chi connectivity index (χ4n) is 1.83. The Labute approximate surface area is 127 Å². The van der Waals surface area contributed by atoms with Crippen LogP contribution in [-0.2, 0) is 0 Å². The average molecular weight is 310 g/mol. The third-order valence-corrected chi connectivity index (χ3v) is 3.32. The molecule has 0 aliphatic heterocycles. The standard InChI is InChI=1S/C14H13Cl2N3O/c1-9-18-5-6-19(9)13(8-17-2)14(20)11-4-3-10(15)7-12(11)16/h3-8,17H,1-2H3/b13-8+. The van der Waals surface area contributed by atoms with Crippen LogP contribution in [0.1, 0.15) is 16.2 Å². The number of nitrogens with zero attached hydrogens (tertiary/aromatic N) is 2. The lowest BCUT2D eigenvalue weighted by Gasteiger charge is -2.11. The van der Waals surface area contributed by atoms with Crippen LogP contribution in [-0.4, -0.2) is 22.4 Å². The molecular formula is C14H13Cl2N3O. The highest BCUT2D eigenvalue weighted by atomic mass is 35.5. The molecule has 2 rings (SSSR count). The number of rotatable bonds is 4. The number of hydrogen-bond donors (Lipinski definition) is 1. The van der Waals surface area contributed by atoms with E-state index in [4.69, 9.17) is 23.2 Å². The third-order valence-electron chi connectivity index (χ3n) is 2.77. The number of aryl methyl sites for hydroxylation is 1. The van der Waals surface area contributed by atoms with E-state index in [0.717, 1.165) is 0 Å². The second-order valence-electron chi connectivity index (χ2n) is 4.12. The molecule has 0 saturated heterocycles. The van der Waals surface area contributed by atoms with Gasteiger partial charge in [0.2, 0.25) is 5.78 Å². The van der Waals surface area contributed by atoms with Crippen molar-refractivity contribution in [3.63, 3.8) is 0 Å². The zero-order valence-corrected chi connectivity index (χ0v) is 12.5. The maximum atomic E-state index is 12.6. The molecule has 1 N–H and O–H groups in total. The Morgan fingerprint density at radius 2 is 2.15 bits per heavy atom. The van der Waals surface area contributed by atoms with E-state index in [1.54, 1.807) is 48.4 Å². The van der Waals surface area contributed by atoms with Gasteiger partial charge in [0.25, 0.3) is 0 Å². The summed E-state index contributed by atoms with van der Waals surface area (Å²) in [5.74, 6) is 0.507. The van der Waals surface area contributed by atoms with Crippen molar-refractivity contribution in [1.82, 2.24) is 14.9 Å². The summed E-state index contributed by atoms with van der Waals surface area (Å²) >= 11 is 11.9. The van der Waals surface area contributed by atoms with Crippen LogP contribution in [0.2, 0.25) is 10.0 Å². The summed E-state index contributed by atoms with van der Waals surface area (Å²) in [4.78, 5) is 16.8. The first-order valence-electron chi connectivity index (χ1n) is 5.92. The van der Waals surface area contributed by atoms with Crippen molar-refractivity contribution in [3.8, 4) is 0 Å². The predicted octanol–water partition coefficient (Wildman–Crippen LogP) is 3.40. The minimum absolute atomic E-state index is 0.206. The molecule has 104 valence electrons. The van der Waals surface area contributed by atoms with Gasteiger partial charge in [-0.1, -0.05) is 23.2 Å². The topological polar surface area (TPSA) is 46.9 Å². The van der Waals surface area contributed by atoms with E-state index in [1.165, 1.54) is 0 Å². The summed E-state index contributed by atoms with van der Waals surface area (Å²) < 4.78 is 1.70. The van der Waals surface area contributed by atoms with Gasteiger partial charge in [0.05, 0.1) is 5.02 Å². The molecule has 0 spiro atoms. The number of nitrogens with one attached hydrogen (secondary N) is 1. The van der Waals surface area contributed by atoms with Crippen molar-refractivity contribution in [2.75, 3.05) is 7.05 Å². The van der Waals surface area contributed by atoms with E-state index < -0.39 is 0 Å². The maximum absolute atomic E-state index is 12.6. The zero-order valence-electron chi connectivity index (χ0n) is 11.0. The molecule has 0 bridgehead atoms. The monoisotopic (exact) mass is 309 g/mol. The van der Waals surface area contributed by atoms with Crippen LogP contribution in [0.4, 0.5) is 0 Å². The summed E-state index contributed by atoms with van der Waals surface area (Å²) in [6.45, 7) is 1.82. The summed E-state index contributed by atoms with van der Waals surface area (Å²) in [5, 5.41) is 3.68. The lowest BCUT2D eigenvalue weighted by Crippen LogP contribution is -2.13. The Bertz CT molecular complexity index is 677. The van der Waals surface area contributed by atoms with Crippen molar-refractivity contribution in [2.45, 2.75) is 6.92 Å². The van der Waals surface area contributed by atoms with Gasteiger partial charge in [0, 0.05) is 36.2 Å². The fourth-order valence-corrected chi connectivity index (χ4v) is 2.32. The SMILES string of the molecule is CN/C=C(\C(=O)c1ccc(Cl)cc1Cl)n1ccnc1C. The van der Waals surface area contributed by atoms with Gasteiger partial charge in [0.1, 0.15) is 11.5 Å². The first-order chi connectivity index (χ1) is 9.54. The van der Waals surface area contributed by atoms with Gasteiger partial charge in [-0.3, -0.25) is 9.36 Å². The second-order valence-corrected chi connectivity index (χ2v) is 4.96. The zero-order chi connectivity index (χ0) is 14.7. The number of halogens is 2. The highest BCUT2D eigenvalue weighted by Gasteiger charge is 2.18. The number of carbonyl (C=O) groups excluding carboxylic acids is 1. The van der Waals surface area contributed by atoms with Crippen molar-refractivity contribution < 1.29 is 4.79 Å². The molecular weight excluding hydrogens is 297 g/mol. The predicted molar refractivity (Wildman–Crippen MR) is 81.1 cm³/mol. The number of aromatic nitrogens is 2. The van der Waals surface area contributed by atoms with Crippen LogP contribution in [0.25, 0.3) is 5.70 Å². The van der Waals surface area contributed by atoms with E-state index in [0.29, 0.717) is 27.1 Å². The number of ketones is 1. The molecule has 1 aromatic heterocycles. The largest absolute Gasteiger partial charge is 0.392 e. The molecule has 0 atom stereocenters. The van der Waals surface area contributed by atoms with Gasteiger partial charge in [0.15, 0.2) is 0 Å². The molecule has 0 fully saturated rings. The molecule has 0 saturated carbocycles. The maximum Gasteiger partial charge on any atom is 0.212 e. The van der Waals surface area contributed by atoms with Gasteiger partial charge < -0.3 is 5.32 Å². The van der Waals surface area contributed by atoms with E-state index >= 15 is 0 Å². The Hall–Kier alpha value is -1.78. The molecule has 0 unspecified atom stereocenters. The molecule has 20 heavy (non-hydrogen) atoms. The number of benzene rings is 1. The first kappa shape index (κ1) is 14.6. The van der Waals surface area contributed by atoms with Crippen LogP contribution < -0.4 is 5.32 Å². The van der Waals surface area contributed by atoms with Crippen molar-refractivity contribution >= 4 is 34.7 Å². The normalized spacial score (nSPS) is 11.5. The number of hydrogen-bond acceptors (Lipinski definition) is 3. The van der Waals surface area contributed by atoms with Crippen molar-refractivity contribution in [3.05, 3.63) is 58.2 Å². The van der Waals surface area contributed by atoms with Crippen LogP contribution in [0.3, 0.4) is 0 Å². The number of carbonyl (C=O) groups is 1. The van der Waals surface area contributed by atoms with Crippen LogP contribution in [0.5, 0.6) is 0 Å². The summed E-state index contributed by atoms with van der Waals surface area (Å²) in [5.41, 5.74) is 0.831. The van der Waals surface area contributed by atoms with Crippen LogP contribution in [0, 0.1) is 6.92 Å². The number of imidazole rings is 1. The highest BCUT2D eigenvalue weighted by molar-refractivity contribution is 6.39. The highest BCUT2D eigenvalue weighted by Crippen LogP contribution is 2.25. The van der Waals surface area contributed by atoms with Gasteiger partial charge in [-0.15, -0.1) is 0 Å². The lowest BCUT2D eigenvalue weighted by molar-refractivity contribution is 0.105. The Kier molecular flexibility index (Phi) is 4.47. The molecule has 2 aromatic rings. The van der Waals surface area contributed by atoms with Crippen molar-refractivity contribution in [1.29, 1.82) is 0 Å². The van der Waals surface area contributed by atoms with Crippen LogP contribution in [0.15, 0.2) is 36.8 Å². The molecule has 0 radical (unpaired) electrons. The van der Waals surface area contributed by atoms with Crippen molar-refractivity contribution in [2.24, 2.45) is 0 Å². The molecule has 0 aliphatic rings. The first-order valence-corrected chi connectivity index (χ1v) is 6.67. The quantitative estimate of drug-likeness (QED) is 0.695. The molecule has 0 aliphatic carbocycles. The summed E-state index contributed by atoms with van der Waals surface area (Å²) in [6.07, 6.45) is 4.97. The van der Waals surface area contributed by atoms with E-state index in [2.05, 4.69) is 10.3 Å². The molecule has 1 heterocycles. The lowest BCUT2D eigenvalue weighted by atomic mass is 10.1. The van der Waals surface area contributed by atoms with E-state index in [9.17, 15) is 4.79 Å². The van der Waals surface area contributed by atoms with Gasteiger partial charge in [-0.25, -0.2) is 4.98 Å². The molecule has 6 heteroatoms. The van der Waals surface area contributed by atoms with Gasteiger partial charge in [-0.2, -0.15) is 0 Å². The van der Waals surface area contributed by atoms with E-state index in [-0.39, 0.29) is 5.78 Å². The molecule has 1 aromatic carbocycles. The Morgan fingerprint density at radius 1 is 1.40 bits per heavy atom. The Morgan fingerprint density at radius 3 is 2.70 bits per heavy atom. The fraction of sp³-hybridized carbons (Fsp3) is 0.143. The number of allylic oxidation sites excluding steroid dienone is 1. The van der Waals surface area contributed by atoms with Gasteiger partial charge >= 0.3 is 0 Å². The molecule has 0 amide bonds. The van der Waals surface area contributed by atoms with Gasteiger partial charge in [-0.05, 0) is 25.1 Å². The second kappa shape index (κ2) is 6.11. The van der Waals surface area contributed by atoms with E-state index in [1.807, 2.05) is 6.92 Å². The average Bonchev–Trinajstić information content (AvgIpc) is 2.81. The Balaban J connectivity index is 2.48. The smallest absolute Gasteiger partial charge is 0.212 e.